The van der Waals surface area contributed by atoms with Gasteiger partial charge in [-0.25, -0.2) is 13.1 Å². The van der Waals surface area contributed by atoms with Gasteiger partial charge in [0, 0.05) is 12.6 Å². The molecule has 5 rings (SSSR count). The number of aliphatic hydroxyl groups is 1. The summed E-state index contributed by atoms with van der Waals surface area (Å²) in [5.41, 5.74) is 0.616. The summed E-state index contributed by atoms with van der Waals surface area (Å²) in [6, 6.07) is 7.21. The minimum absolute atomic E-state index is 0.0533. The first-order valence-electron chi connectivity index (χ1n) is 10.7. The first kappa shape index (κ1) is 20.8. The Morgan fingerprint density at radius 1 is 1.10 bits per heavy atom. The van der Waals surface area contributed by atoms with Crippen molar-refractivity contribution in [2.24, 2.45) is 17.3 Å². The van der Waals surface area contributed by atoms with E-state index in [9.17, 15) is 18.3 Å². The van der Waals surface area contributed by atoms with Crippen LogP contribution in [0.1, 0.15) is 63.5 Å². The predicted molar refractivity (Wildman–Crippen MR) is 111 cm³/mol. The second kappa shape index (κ2) is 7.36. The maximum absolute atomic E-state index is 13.1. The molecule has 0 heterocycles. The van der Waals surface area contributed by atoms with Crippen LogP contribution in [-0.2, 0) is 27.1 Å². The lowest BCUT2D eigenvalue weighted by Gasteiger charge is -2.59. The number of rotatable bonds is 7. The maximum Gasteiger partial charge on any atom is 0.226 e. The standard InChI is InChI=1S/C22H32N2O4S/c1-15(2)24-29(27,28)13-17-5-3-16(4-6-17)12-23-20(25)21-8-18-7-19(9-21)11-22(26,10-18)14-21/h3-6,15,18-19,24,26H,7-14H2,1-2H3,(H,23,25). The third-order valence-electron chi connectivity index (χ3n) is 6.76. The molecule has 2 unspecified atom stereocenters. The number of amides is 1. The molecule has 6 nitrogen and oxygen atoms in total. The van der Waals surface area contributed by atoms with E-state index in [0.717, 1.165) is 43.2 Å². The van der Waals surface area contributed by atoms with Crippen molar-refractivity contribution in [3.8, 4) is 0 Å². The van der Waals surface area contributed by atoms with Crippen molar-refractivity contribution in [3.05, 3.63) is 35.4 Å². The Labute approximate surface area is 173 Å². The van der Waals surface area contributed by atoms with E-state index in [1.54, 1.807) is 26.0 Å². The Morgan fingerprint density at radius 2 is 1.69 bits per heavy atom. The summed E-state index contributed by atoms with van der Waals surface area (Å²) >= 11 is 0. The van der Waals surface area contributed by atoms with Gasteiger partial charge in [0.2, 0.25) is 15.9 Å². The number of hydrogen-bond donors (Lipinski definition) is 3. The van der Waals surface area contributed by atoms with Gasteiger partial charge >= 0.3 is 0 Å². The molecule has 4 fully saturated rings. The number of sulfonamides is 1. The molecule has 4 bridgehead atoms. The van der Waals surface area contributed by atoms with Crippen molar-refractivity contribution < 1.29 is 18.3 Å². The van der Waals surface area contributed by atoms with Gasteiger partial charge in [-0.1, -0.05) is 24.3 Å². The molecule has 0 aliphatic heterocycles. The Hall–Kier alpha value is -1.44. The SMILES string of the molecule is CC(C)NS(=O)(=O)Cc1ccc(CNC(=O)C23CC4CC(CC(O)(C4)C2)C3)cc1. The van der Waals surface area contributed by atoms with E-state index >= 15 is 0 Å². The average molecular weight is 421 g/mol. The van der Waals surface area contributed by atoms with Crippen LogP contribution in [0.25, 0.3) is 0 Å². The summed E-state index contributed by atoms with van der Waals surface area (Å²) < 4.78 is 26.7. The Balaban J connectivity index is 1.35. The molecule has 2 atom stereocenters. The molecule has 1 aromatic carbocycles. The zero-order valence-electron chi connectivity index (χ0n) is 17.3. The Morgan fingerprint density at radius 3 is 2.24 bits per heavy atom. The molecule has 0 saturated heterocycles. The van der Waals surface area contributed by atoms with E-state index < -0.39 is 21.0 Å². The molecule has 0 spiro atoms. The predicted octanol–water partition coefficient (Wildman–Crippen LogP) is 2.46. The molecule has 1 amide bonds. The summed E-state index contributed by atoms with van der Waals surface area (Å²) in [7, 11) is -3.35. The van der Waals surface area contributed by atoms with Crippen LogP contribution in [0.4, 0.5) is 0 Å². The highest BCUT2D eigenvalue weighted by Crippen LogP contribution is 2.61. The van der Waals surface area contributed by atoms with E-state index in [1.807, 2.05) is 12.1 Å². The number of hydrogen-bond acceptors (Lipinski definition) is 4. The van der Waals surface area contributed by atoms with E-state index in [4.69, 9.17) is 0 Å². The van der Waals surface area contributed by atoms with Crippen molar-refractivity contribution in [1.29, 1.82) is 0 Å². The van der Waals surface area contributed by atoms with Gasteiger partial charge in [0.05, 0.1) is 16.8 Å². The van der Waals surface area contributed by atoms with Gasteiger partial charge in [0.1, 0.15) is 0 Å². The van der Waals surface area contributed by atoms with Crippen LogP contribution < -0.4 is 10.0 Å². The lowest BCUT2D eigenvalue weighted by atomic mass is 9.47. The summed E-state index contributed by atoms with van der Waals surface area (Å²) in [5, 5.41) is 13.9. The van der Waals surface area contributed by atoms with Gasteiger partial charge in [-0.05, 0) is 75.3 Å². The topological polar surface area (TPSA) is 95.5 Å². The fourth-order valence-electron chi connectivity index (χ4n) is 6.22. The van der Waals surface area contributed by atoms with Crippen molar-refractivity contribution in [2.45, 2.75) is 76.3 Å². The quantitative estimate of drug-likeness (QED) is 0.631. The molecule has 7 heteroatoms. The normalized spacial score (nSPS) is 33.2. The largest absolute Gasteiger partial charge is 0.390 e. The molecule has 4 aliphatic rings. The Bertz CT molecular complexity index is 865. The summed E-state index contributed by atoms with van der Waals surface area (Å²) in [4.78, 5) is 13.1. The highest BCUT2D eigenvalue weighted by Gasteiger charge is 2.60. The smallest absolute Gasteiger partial charge is 0.226 e. The zero-order valence-corrected chi connectivity index (χ0v) is 18.1. The summed E-state index contributed by atoms with van der Waals surface area (Å²) in [5.74, 6) is 0.973. The van der Waals surface area contributed by atoms with Crippen LogP contribution in [0.5, 0.6) is 0 Å². The van der Waals surface area contributed by atoms with Crippen LogP contribution >= 0.6 is 0 Å². The number of benzene rings is 1. The highest BCUT2D eigenvalue weighted by atomic mass is 32.2. The second-order valence-electron chi connectivity index (χ2n) is 10.00. The fraction of sp³-hybridized carbons (Fsp3) is 0.682. The minimum atomic E-state index is -3.35. The van der Waals surface area contributed by atoms with Crippen LogP contribution in [0.2, 0.25) is 0 Å². The van der Waals surface area contributed by atoms with Crippen LogP contribution in [-0.4, -0.2) is 31.1 Å². The van der Waals surface area contributed by atoms with Crippen LogP contribution in [0.3, 0.4) is 0 Å². The third-order valence-corrected chi connectivity index (χ3v) is 8.30. The lowest BCUT2D eigenvalue weighted by molar-refractivity contribution is -0.178. The van der Waals surface area contributed by atoms with E-state index in [0.29, 0.717) is 24.8 Å². The molecular formula is C22H32N2O4S. The van der Waals surface area contributed by atoms with Gasteiger partial charge in [0.15, 0.2) is 0 Å². The molecule has 160 valence electrons. The molecule has 29 heavy (non-hydrogen) atoms. The molecule has 4 aliphatic carbocycles. The Kier molecular flexibility index (Phi) is 5.28. The molecular weight excluding hydrogens is 388 g/mol. The second-order valence-corrected chi connectivity index (χ2v) is 11.8. The van der Waals surface area contributed by atoms with E-state index in [2.05, 4.69) is 10.0 Å². The van der Waals surface area contributed by atoms with Crippen molar-refractivity contribution in [2.75, 3.05) is 0 Å². The average Bonchev–Trinajstić information content (AvgIpc) is 2.57. The maximum atomic E-state index is 13.1. The zero-order chi connectivity index (χ0) is 20.9. The summed E-state index contributed by atoms with van der Waals surface area (Å²) in [6.45, 7) is 4.02. The molecule has 0 aromatic heterocycles. The van der Waals surface area contributed by atoms with Gasteiger partial charge in [-0.3, -0.25) is 4.79 Å². The minimum Gasteiger partial charge on any atom is -0.390 e. The van der Waals surface area contributed by atoms with Crippen LogP contribution in [0.15, 0.2) is 24.3 Å². The number of carbonyl (C=O) groups is 1. The lowest BCUT2D eigenvalue weighted by Crippen LogP contribution is -2.60. The first-order valence-corrected chi connectivity index (χ1v) is 12.3. The van der Waals surface area contributed by atoms with Gasteiger partial charge < -0.3 is 10.4 Å². The molecule has 1 aromatic rings. The monoisotopic (exact) mass is 420 g/mol. The van der Waals surface area contributed by atoms with Crippen LogP contribution in [0, 0.1) is 17.3 Å². The van der Waals surface area contributed by atoms with Gasteiger partial charge in [0.25, 0.3) is 0 Å². The van der Waals surface area contributed by atoms with Gasteiger partial charge in [-0.2, -0.15) is 0 Å². The number of carbonyl (C=O) groups excluding carboxylic acids is 1. The molecule has 4 saturated carbocycles. The van der Waals surface area contributed by atoms with E-state index in [-0.39, 0.29) is 17.7 Å². The third kappa shape index (κ3) is 4.52. The van der Waals surface area contributed by atoms with Crippen molar-refractivity contribution >= 4 is 15.9 Å². The fourth-order valence-corrected chi connectivity index (χ4v) is 7.66. The number of nitrogens with one attached hydrogen (secondary N) is 2. The molecule has 0 radical (unpaired) electrons. The van der Waals surface area contributed by atoms with E-state index in [1.165, 1.54) is 0 Å². The van der Waals surface area contributed by atoms with Crippen molar-refractivity contribution in [1.82, 2.24) is 10.0 Å². The van der Waals surface area contributed by atoms with Gasteiger partial charge in [-0.15, -0.1) is 0 Å². The molecule has 3 N–H and O–H groups in total. The summed E-state index contributed by atoms with van der Waals surface area (Å²) in [6.07, 6.45) is 5.27. The van der Waals surface area contributed by atoms with Crippen molar-refractivity contribution in [3.63, 3.8) is 0 Å². The highest BCUT2D eigenvalue weighted by molar-refractivity contribution is 7.88. The first-order chi connectivity index (χ1) is 13.6.